The van der Waals surface area contributed by atoms with Crippen molar-refractivity contribution in [2.24, 2.45) is 0 Å². The van der Waals surface area contributed by atoms with Crippen molar-refractivity contribution in [2.75, 3.05) is 32.4 Å². The molecule has 4 heteroatoms. The Morgan fingerprint density at radius 1 is 1.38 bits per heavy atom. The van der Waals surface area contributed by atoms with E-state index in [1.165, 1.54) is 0 Å². The fourth-order valence-corrected chi connectivity index (χ4v) is 1.04. The molecule has 0 aromatic heterocycles. The first-order valence-electron chi connectivity index (χ1n) is 4.01. The summed E-state index contributed by atoms with van der Waals surface area (Å²) in [5, 5.41) is 1.85. The van der Waals surface area contributed by atoms with Gasteiger partial charge in [0.25, 0.3) is 0 Å². The Morgan fingerprint density at radius 3 is 2.62 bits per heavy atom. The molecule has 0 saturated carbocycles. The minimum Gasteiger partial charge on any atom is -0.495 e. The highest BCUT2D eigenvalue weighted by Gasteiger charge is 2.00. The fraction of sp³-hybridized carbons (Fsp3) is 0.333. The van der Waals surface area contributed by atoms with Crippen molar-refractivity contribution in [2.45, 2.75) is 0 Å². The lowest BCUT2D eigenvalue weighted by Crippen LogP contribution is -2.19. The number of nitrogens with zero attached hydrogens (tertiary/aromatic N) is 1. The predicted octanol–water partition coefficient (Wildman–Crippen LogP) is 1.17. The molecule has 1 aromatic carbocycles. The highest BCUT2D eigenvalue weighted by atomic mass is 16.5. The van der Waals surface area contributed by atoms with Crippen molar-refractivity contribution in [1.82, 2.24) is 5.01 Å². The summed E-state index contributed by atoms with van der Waals surface area (Å²) in [6.07, 6.45) is 0. The third kappa shape index (κ3) is 2.52. The Hall–Kier alpha value is -1.42. The SMILES string of the molecule is COc1cc(NN(C)C)ccc1N. The Bertz CT molecular complexity index is 286. The van der Waals surface area contributed by atoms with E-state index in [0.717, 1.165) is 5.69 Å². The number of rotatable bonds is 3. The second-order valence-electron chi connectivity index (χ2n) is 2.96. The quantitative estimate of drug-likeness (QED) is 0.543. The Kier molecular flexibility index (Phi) is 2.97. The molecule has 13 heavy (non-hydrogen) atoms. The summed E-state index contributed by atoms with van der Waals surface area (Å²) in [6.45, 7) is 0. The van der Waals surface area contributed by atoms with Gasteiger partial charge in [0, 0.05) is 20.2 Å². The molecule has 0 bridgehead atoms. The van der Waals surface area contributed by atoms with Gasteiger partial charge in [-0.2, -0.15) is 0 Å². The number of hydrogen-bond donors (Lipinski definition) is 2. The largest absolute Gasteiger partial charge is 0.495 e. The van der Waals surface area contributed by atoms with Gasteiger partial charge >= 0.3 is 0 Å². The van der Waals surface area contributed by atoms with Crippen molar-refractivity contribution >= 4 is 11.4 Å². The zero-order valence-corrected chi connectivity index (χ0v) is 8.16. The van der Waals surface area contributed by atoms with E-state index >= 15 is 0 Å². The summed E-state index contributed by atoms with van der Waals surface area (Å²) in [5.74, 6) is 0.687. The normalized spacial score (nSPS) is 10.2. The molecule has 0 saturated heterocycles. The molecule has 0 amide bonds. The first-order chi connectivity index (χ1) is 6.13. The van der Waals surface area contributed by atoms with Crippen LogP contribution < -0.4 is 15.9 Å². The summed E-state index contributed by atoms with van der Waals surface area (Å²) in [4.78, 5) is 0. The van der Waals surface area contributed by atoms with E-state index in [2.05, 4.69) is 5.43 Å². The van der Waals surface area contributed by atoms with Crippen molar-refractivity contribution in [3.05, 3.63) is 18.2 Å². The topological polar surface area (TPSA) is 50.5 Å². The molecule has 0 aliphatic rings. The third-order valence-corrected chi connectivity index (χ3v) is 1.59. The number of ether oxygens (including phenoxy) is 1. The molecular formula is C9H15N3O. The van der Waals surface area contributed by atoms with Gasteiger partial charge < -0.3 is 15.9 Å². The summed E-state index contributed by atoms with van der Waals surface area (Å²) in [6, 6.07) is 5.57. The molecule has 3 N–H and O–H groups in total. The Balaban J connectivity index is 2.86. The van der Waals surface area contributed by atoms with E-state index in [-0.39, 0.29) is 0 Å². The number of nitrogens with one attached hydrogen (secondary N) is 1. The number of hydrazine groups is 1. The van der Waals surface area contributed by atoms with E-state index in [4.69, 9.17) is 10.5 Å². The Morgan fingerprint density at radius 2 is 2.08 bits per heavy atom. The molecule has 0 spiro atoms. The van der Waals surface area contributed by atoms with E-state index in [0.29, 0.717) is 11.4 Å². The molecule has 1 aromatic rings. The van der Waals surface area contributed by atoms with Gasteiger partial charge in [0.2, 0.25) is 0 Å². The number of benzene rings is 1. The van der Waals surface area contributed by atoms with Gasteiger partial charge in [-0.15, -0.1) is 0 Å². The summed E-state index contributed by atoms with van der Waals surface area (Å²) in [7, 11) is 5.44. The van der Waals surface area contributed by atoms with Crippen molar-refractivity contribution in [1.29, 1.82) is 0 Å². The number of nitrogens with two attached hydrogens (primary N) is 1. The van der Waals surface area contributed by atoms with Crippen LogP contribution in [0.1, 0.15) is 0 Å². The molecule has 4 nitrogen and oxygen atoms in total. The smallest absolute Gasteiger partial charge is 0.143 e. The van der Waals surface area contributed by atoms with Gasteiger partial charge in [-0.25, -0.2) is 5.01 Å². The van der Waals surface area contributed by atoms with E-state index in [1.807, 2.05) is 37.3 Å². The molecule has 0 aliphatic heterocycles. The molecule has 72 valence electrons. The van der Waals surface area contributed by atoms with Crippen LogP contribution in [0.5, 0.6) is 5.75 Å². The number of methoxy groups -OCH3 is 1. The molecule has 0 unspecified atom stereocenters. The highest BCUT2D eigenvalue weighted by molar-refractivity contribution is 5.60. The monoisotopic (exact) mass is 181 g/mol. The summed E-state index contributed by atoms with van der Waals surface area (Å²) >= 11 is 0. The minimum atomic E-state index is 0.645. The zero-order valence-electron chi connectivity index (χ0n) is 8.16. The third-order valence-electron chi connectivity index (χ3n) is 1.59. The van der Waals surface area contributed by atoms with Crippen LogP contribution in [0.3, 0.4) is 0 Å². The van der Waals surface area contributed by atoms with Gasteiger partial charge in [-0.3, -0.25) is 0 Å². The van der Waals surface area contributed by atoms with Gasteiger partial charge in [0.1, 0.15) is 5.75 Å². The molecule has 0 fully saturated rings. The zero-order chi connectivity index (χ0) is 9.84. The van der Waals surface area contributed by atoms with E-state index < -0.39 is 0 Å². The van der Waals surface area contributed by atoms with Crippen LogP contribution in [0.25, 0.3) is 0 Å². The Labute approximate surface area is 78.3 Å². The van der Waals surface area contributed by atoms with Gasteiger partial charge in [0.05, 0.1) is 18.5 Å². The van der Waals surface area contributed by atoms with Crippen LogP contribution in [0.2, 0.25) is 0 Å². The van der Waals surface area contributed by atoms with Crippen molar-refractivity contribution in [3.63, 3.8) is 0 Å². The van der Waals surface area contributed by atoms with Crippen LogP contribution >= 0.6 is 0 Å². The molecule has 0 radical (unpaired) electrons. The first-order valence-corrected chi connectivity index (χ1v) is 4.01. The second kappa shape index (κ2) is 4.00. The van der Waals surface area contributed by atoms with Gasteiger partial charge in [0.15, 0.2) is 0 Å². The average Bonchev–Trinajstić information content (AvgIpc) is 2.07. The van der Waals surface area contributed by atoms with Crippen molar-refractivity contribution in [3.8, 4) is 5.75 Å². The van der Waals surface area contributed by atoms with Crippen LogP contribution in [0.4, 0.5) is 11.4 Å². The standard InChI is InChI=1S/C9H15N3O/c1-12(2)11-7-4-5-8(10)9(6-7)13-3/h4-6,11H,10H2,1-3H3. The van der Waals surface area contributed by atoms with Crippen LogP contribution in [-0.2, 0) is 0 Å². The van der Waals surface area contributed by atoms with Crippen molar-refractivity contribution < 1.29 is 4.74 Å². The second-order valence-corrected chi connectivity index (χ2v) is 2.96. The van der Waals surface area contributed by atoms with Crippen LogP contribution in [0, 0.1) is 0 Å². The lowest BCUT2D eigenvalue weighted by atomic mass is 10.2. The summed E-state index contributed by atoms with van der Waals surface area (Å²) in [5.41, 5.74) is 10.4. The predicted molar refractivity (Wildman–Crippen MR) is 54.7 cm³/mol. The number of anilines is 2. The lowest BCUT2D eigenvalue weighted by Gasteiger charge is -2.14. The highest BCUT2D eigenvalue weighted by Crippen LogP contribution is 2.24. The molecule has 0 atom stereocenters. The first kappa shape index (κ1) is 9.67. The minimum absolute atomic E-state index is 0.645. The van der Waals surface area contributed by atoms with Crippen LogP contribution in [-0.4, -0.2) is 26.2 Å². The van der Waals surface area contributed by atoms with E-state index in [9.17, 15) is 0 Å². The van der Waals surface area contributed by atoms with Gasteiger partial charge in [-0.05, 0) is 12.1 Å². The molecule has 1 rings (SSSR count). The molecule has 0 heterocycles. The lowest BCUT2D eigenvalue weighted by molar-refractivity contribution is 0.416. The average molecular weight is 181 g/mol. The maximum Gasteiger partial charge on any atom is 0.143 e. The number of nitrogen functional groups attached to an aromatic ring is 1. The fourth-order valence-electron chi connectivity index (χ4n) is 1.04. The summed E-state index contributed by atoms with van der Waals surface area (Å²) < 4.78 is 5.08. The molecular weight excluding hydrogens is 166 g/mol. The maximum absolute atomic E-state index is 5.66. The maximum atomic E-state index is 5.66. The van der Waals surface area contributed by atoms with E-state index in [1.54, 1.807) is 7.11 Å². The number of hydrogen-bond acceptors (Lipinski definition) is 4. The molecule has 0 aliphatic carbocycles. The van der Waals surface area contributed by atoms with Gasteiger partial charge in [-0.1, -0.05) is 0 Å². The van der Waals surface area contributed by atoms with Crippen LogP contribution in [0.15, 0.2) is 18.2 Å².